The van der Waals surface area contributed by atoms with Crippen molar-refractivity contribution in [1.82, 2.24) is 5.32 Å². The van der Waals surface area contributed by atoms with Crippen LogP contribution in [-0.2, 0) is 0 Å². The third-order valence-corrected chi connectivity index (χ3v) is 1.64. The molecule has 0 aromatic heterocycles. The fraction of sp³-hybridized carbons (Fsp3) is 0.111. The lowest BCUT2D eigenvalue weighted by Crippen LogP contribution is -2.22. The van der Waals surface area contributed by atoms with E-state index >= 15 is 0 Å². The SMILES string of the molecule is [CH2]CNC(=O)c1ccc(Cl)cc1. The highest BCUT2D eigenvalue weighted by Gasteiger charge is 2.01. The molecule has 1 N–H and O–H groups in total. The summed E-state index contributed by atoms with van der Waals surface area (Å²) in [5, 5.41) is 3.21. The van der Waals surface area contributed by atoms with Gasteiger partial charge < -0.3 is 5.32 Å². The van der Waals surface area contributed by atoms with Crippen molar-refractivity contribution in [3.05, 3.63) is 41.8 Å². The van der Waals surface area contributed by atoms with Crippen molar-refractivity contribution in [3.8, 4) is 0 Å². The molecule has 0 saturated heterocycles. The number of halogens is 1. The highest BCUT2D eigenvalue weighted by Crippen LogP contribution is 2.08. The molecule has 0 fully saturated rings. The fourth-order valence-electron chi connectivity index (χ4n) is 0.817. The van der Waals surface area contributed by atoms with Gasteiger partial charge in [0.05, 0.1) is 0 Å². The maximum absolute atomic E-state index is 11.2. The molecular formula is C9H9ClNO. The van der Waals surface area contributed by atoms with Crippen LogP contribution in [-0.4, -0.2) is 12.5 Å². The monoisotopic (exact) mass is 182 g/mol. The number of benzene rings is 1. The second-order valence-electron chi connectivity index (χ2n) is 2.26. The molecule has 1 radical (unpaired) electrons. The Morgan fingerprint density at radius 3 is 2.50 bits per heavy atom. The molecule has 0 spiro atoms. The zero-order chi connectivity index (χ0) is 8.97. The van der Waals surface area contributed by atoms with Crippen molar-refractivity contribution in [2.24, 2.45) is 0 Å². The number of amides is 1. The van der Waals surface area contributed by atoms with Crippen LogP contribution >= 0.6 is 11.6 Å². The molecule has 3 heteroatoms. The molecule has 0 aliphatic rings. The van der Waals surface area contributed by atoms with Crippen molar-refractivity contribution >= 4 is 17.5 Å². The van der Waals surface area contributed by atoms with Crippen molar-refractivity contribution in [3.63, 3.8) is 0 Å². The zero-order valence-corrected chi connectivity index (χ0v) is 7.27. The normalized spacial score (nSPS) is 9.50. The summed E-state index contributed by atoms with van der Waals surface area (Å²) in [4.78, 5) is 11.2. The lowest BCUT2D eigenvalue weighted by Gasteiger charge is -2.00. The van der Waals surface area contributed by atoms with Gasteiger partial charge in [-0.25, -0.2) is 0 Å². The lowest BCUT2D eigenvalue weighted by molar-refractivity contribution is 0.0958. The maximum atomic E-state index is 11.2. The molecule has 0 atom stereocenters. The zero-order valence-electron chi connectivity index (χ0n) is 6.51. The second-order valence-corrected chi connectivity index (χ2v) is 2.70. The molecule has 1 aromatic carbocycles. The number of hydrogen-bond donors (Lipinski definition) is 1. The summed E-state index contributed by atoms with van der Waals surface area (Å²) in [5.74, 6) is -0.123. The molecule has 1 aromatic rings. The minimum absolute atomic E-state index is 0.123. The summed E-state index contributed by atoms with van der Waals surface area (Å²) in [6.07, 6.45) is 0. The quantitative estimate of drug-likeness (QED) is 0.744. The van der Waals surface area contributed by atoms with Gasteiger partial charge in [0.1, 0.15) is 0 Å². The van der Waals surface area contributed by atoms with E-state index in [1.165, 1.54) is 0 Å². The van der Waals surface area contributed by atoms with E-state index in [4.69, 9.17) is 11.6 Å². The van der Waals surface area contributed by atoms with Gasteiger partial charge in [-0.05, 0) is 31.2 Å². The molecule has 0 aliphatic heterocycles. The molecule has 1 rings (SSSR count). The van der Waals surface area contributed by atoms with Crippen LogP contribution in [0, 0.1) is 6.92 Å². The van der Waals surface area contributed by atoms with Crippen molar-refractivity contribution in [2.75, 3.05) is 6.54 Å². The van der Waals surface area contributed by atoms with Gasteiger partial charge in [0.25, 0.3) is 5.91 Å². The fourth-order valence-corrected chi connectivity index (χ4v) is 0.943. The molecule has 1 amide bonds. The van der Waals surface area contributed by atoms with Crippen LogP contribution in [0.4, 0.5) is 0 Å². The predicted octanol–water partition coefficient (Wildman–Crippen LogP) is 1.90. The Labute approximate surface area is 76.5 Å². The van der Waals surface area contributed by atoms with Crippen LogP contribution < -0.4 is 5.32 Å². The largest absolute Gasteiger partial charge is 0.352 e. The average Bonchev–Trinajstić information content (AvgIpc) is 2.06. The van der Waals surface area contributed by atoms with Gasteiger partial charge in [-0.3, -0.25) is 4.79 Å². The van der Waals surface area contributed by atoms with Crippen LogP contribution in [0.5, 0.6) is 0 Å². The Morgan fingerprint density at radius 1 is 1.42 bits per heavy atom. The van der Waals surface area contributed by atoms with E-state index in [0.29, 0.717) is 17.1 Å². The summed E-state index contributed by atoms with van der Waals surface area (Å²) in [6, 6.07) is 6.71. The standard InChI is InChI=1S/C9H9ClNO/c1-2-11-9(12)7-3-5-8(10)6-4-7/h3-6H,1-2H2,(H,11,12). The van der Waals surface area contributed by atoms with Crippen LogP contribution in [0.1, 0.15) is 10.4 Å². The number of carbonyl (C=O) groups is 1. The summed E-state index contributed by atoms with van der Waals surface area (Å²) >= 11 is 5.65. The molecule has 2 nitrogen and oxygen atoms in total. The smallest absolute Gasteiger partial charge is 0.251 e. The number of rotatable bonds is 2. The van der Waals surface area contributed by atoms with E-state index < -0.39 is 0 Å². The van der Waals surface area contributed by atoms with Gasteiger partial charge in [-0.1, -0.05) is 11.6 Å². The van der Waals surface area contributed by atoms with Gasteiger partial charge in [0.15, 0.2) is 0 Å². The van der Waals surface area contributed by atoms with Crippen LogP contribution in [0.25, 0.3) is 0 Å². The van der Waals surface area contributed by atoms with E-state index in [9.17, 15) is 4.79 Å². The minimum Gasteiger partial charge on any atom is -0.352 e. The Hall–Kier alpha value is -1.02. The first-order valence-electron chi connectivity index (χ1n) is 3.57. The van der Waals surface area contributed by atoms with Gasteiger partial charge in [0.2, 0.25) is 0 Å². The molecular weight excluding hydrogens is 174 g/mol. The van der Waals surface area contributed by atoms with Gasteiger partial charge in [-0.15, -0.1) is 0 Å². The van der Waals surface area contributed by atoms with Gasteiger partial charge in [0, 0.05) is 17.1 Å². The Kier molecular flexibility index (Phi) is 3.11. The van der Waals surface area contributed by atoms with E-state index in [0.717, 1.165) is 0 Å². The first-order valence-corrected chi connectivity index (χ1v) is 3.95. The third kappa shape index (κ3) is 2.24. The lowest BCUT2D eigenvalue weighted by atomic mass is 10.2. The second kappa shape index (κ2) is 4.12. The van der Waals surface area contributed by atoms with E-state index in [2.05, 4.69) is 12.2 Å². The summed E-state index contributed by atoms with van der Waals surface area (Å²) in [7, 11) is 0. The first kappa shape index (κ1) is 9.07. The minimum atomic E-state index is -0.123. The summed E-state index contributed by atoms with van der Waals surface area (Å²) in [6.45, 7) is 3.90. The van der Waals surface area contributed by atoms with Crippen molar-refractivity contribution < 1.29 is 4.79 Å². The van der Waals surface area contributed by atoms with E-state index in [1.807, 2.05) is 0 Å². The first-order chi connectivity index (χ1) is 5.74. The van der Waals surface area contributed by atoms with Gasteiger partial charge in [-0.2, -0.15) is 0 Å². The Bertz CT molecular complexity index is 268. The Balaban J connectivity index is 2.75. The van der Waals surface area contributed by atoms with Crippen molar-refractivity contribution in [2.45, 2.75) is 0 Å². The van der Waals surface area contributed by atoms with Crippen LogP contribution in [0.15, 0.2) is 24.3 Å². The summed E-state index contributed by atoms with van der Waals surface area (Å²) in [5.41, 5.74) is 0.600. The van der Waals surface area contributed by atoms with E-state index in [1.54, 1.807) is 24.3 Å². The third-order valence-electron chi connectivity index (χ3n) is 1.39. The maximum Gasteiger partial charge on any atom is 0.251 e. The molecule has 0 bridgehead atoms. The summed E-state index contributed by atoms with van der Waals surface area (Å²) < 4.78 is 0. The van der Waals surface area contributed by atoms with Crippen LogP contribution in [0.3, 0.4) is 0 Å². The molecule has 0 saturated carbocycles. The van der Waals surface area contributed by atoms with Crippen molar-refractivity contribution in [1.29, 1.82) is 0 Å². The topological polar surface area (TPSA) is 29.1 Å². The average molecular weight is 183 g/mol. The Morgan fingerprint density at radius 2 is 2.00 bits per heavy atom. The van der Waals surface area contributed by atoms with Crippen LogP contribution in [0.2, 0.25) is 5.02 Å². The molecule has 0 unspecified atom stereocenters. The predicted molar refractivity (Wildman–Crippen MR) is 49.1 cm³/mol. The number of hydrogen-bond acceptors (Lipinski definition) is 1. The molecule has 0 heterocycles. The number of carbonyl (C=O) groups excluding carboxylic acids is 1. The highest BCUT2D eigenvalue weighted by molar-refractivity contribution is 6.30. The number of nitrogens with one attached hydrogen (secondary N) is 1. The highest BCUT2D eigenvalue weighted by atomic mass is 35.5. The van der Waals surface area contributed by atoms with E-state index in [-0.39, 0.29) is 5.91 Å². The molecule has 63 valence electrons. The molecule has 12 heavy (non-hydrogen) atoms. The molecule has 0 aliphatic carbocycles. The van der Waals surface area contributed by atoms with Gasteiger partial charge >= 0.3 is 0 Å².